The molecule has 1 N–H and O–H groups in total. The molecule has 0 bridgehead atoms. The van der Waals surface area contributed by atoms with Crippen molar-refractivity contribution in [3.63, 3.8) is 0 Å². The van der Waals surface area contributed by atoms with Gasteiger partial charge in [-0.2, -0.15) is 13.2 Å². The summed E-state index contributed by atoms with van der Waals surface area (Å²) in [4.78, 5) is 16.8. The Morgan fingerprint density at radius 1 is 0.925 bits per heavy atom. The molecule has 40 heavy (non-hydrogen) atoms. The van der Waals surface area contributed by atoms with Crippen molar-refractivity contribution in [3.8, 4) is 5.75 Å². The maximum absolute atomic E-state index is 12.8. The number of unbranched alkanes of at least 4 members (excludes halogenated alkanes) is 1. The first-order valence-corrected chi connectivity index (χ1v) is 14.3. The highest BCUT2D eigenvalue weighted by molar-refractivity contribution is 5.94. The van der Waals surface area contributed by atoms with Crippen LogP contribution < -0.4 is 10.1 Å². The second-order valence-corrected chi connectivity index (χ2v) is 10.7. The van der Waals surface area contributed by atoms with Crippen LogP contribution in [0, 0.1) is 13.8 Å². The average Bonchev–Trinajstić information content (AvgIpc) is 2.93. The van der Waals surface area contributed by atoms with Crippen LogP contribution in [-0.2, 0) is 17.3 Å². The lowest BCUT2D eigenvalue weighted by molar-refractivity contribution is -0.137. The Labute approximate surface area is 236 Å². The zero-order valence-corrected chi connectivity index (χ0v) is 24.3. The summed E-state index contributed by atoms with van der Waals surface area (Å²) < 4.78 is 50.0. The number of alkyl halides is 3. The molecule has 0 saturated carbocycles. The van der Waals surface area contributed by atoms with Crippen molar-refractivity contribution in [2.75, 3.05) is 59.0 Å². The highest BCUT2D eigenvalue weighted by Crippen LogP contribution is 2.29. The minimum atomic E-state index is -4.40. The molecule has 0 aliphatic carbocycles. The van der Waals surface area contributed by atoms with Gasteiger partial charge in [0.05, 0.1) is 24.9 Å². The Balaban J connectivity index is 1.37. The molecule has 0 radical (unpaired) electrons. The van der Waals surface area contributed by atoms with E-state index in [1.807, 2.05) is 13.8 Å². The number of carbonyl (C=O) groups excluding carboxylic acids is 1. The molecule has 222 valence electrons. The SMILES string of the molecule is Cc1c(CCN2CCN(C(=O)c3ccc(C(F)(F)F)cc3)CC2)ccc(OCCCCNCCOC(C)C)c1C. The molecule has 0 aromatic heterocycles. The molecule has 2 aromatic rings. The lowest BCUT2D eigenvalue weighted by atomic mass is 9.99. The van der Waals surface area contributed by atoms with Gasteiger partial charge in [0, 0.05) is 44.8 Å². The van der Waals surface area contributed by atoms with Gasteiger partial charge in [0.1, 0.15) is 5.75 Å². The standard InChI is InChI=1S/C31H44F3N3O3/c1-23(2)39-22-15-35-14-5-6-21-40-29-12-9-26(24(3)25(29)4)13-16-36-17-19-37(20-18-36)30(38)27-7-10-28(11-8-27)31(32,33)34/h7-12,23,35H,5-6,13-22H2,1-4H3. The molecule has 1 aliphatic rings. The quantitative estimate of drug-likeness (QED) is 0.308. The number of benzene rings is 2. The Kier molecular flexibility index (Phi) is 12.3. The third kappa shape index (κ3) is 9.78. The number of hydrogen-bond acceptors (Lipinski definition) is 5. The molecule has 0 unspecified atom stereocenters. The molecular formula is C31H44F3N3O3. The molecule has 9 heteroatoms. The molecule has 2 aromatic carbocycles. The van der Waals surface area contributed by atoms with Gasteiger partial charge in [-0.25, -0.2) is 0 Å². The van der Waals surface area contributed by atoms with Gasteiger partial charge in [0.2, 0.25) is 0 Å². The van der Waals surface area contributed by atoms with Crippen LogP contribution >= 0.6 is 0 Å². The normalized spacial score (nSPS) is 14.7. The molecule has 6 nitrogen and oxygen atoms in total. The highest BCUT2D eigenvalue weighted by atomic mass is 19.4. The number of piperazine rings is 1. The maximum Gasteiger partial charge on any atom is 0.416 e. The predicted molar refractivity (Wildman–Crippen MR) is 152 cm³/mol. The molecule has 0 spiro atoms. The summed E-state index contributed by atoms with van der Waals surface area (Å²) in [7, 11) is 0. The fourth-order valence-corrected chi connectivity index (χ4v) is 4.74. The number of nitrogens with one attached hydrogen (secondary N) is 1. The molecule has 1 aliphatic heterocycles. The fraction of sp³-hybridized carbons (Fsp3) is 0.581. The van der Waals surface area contributed by atoms with E-state index in [1.54, 1.807) is 4.90 Å². The molecule has 1 saturated heterocycles. The van der Waals surface area contributed by atoms with Crippen molar-refractivity contribution >= 4 is 5.91 Å². The van der Waals surface area contributed by atoms with Crippen molar-refractivity contribution in [1.29, 1.82) is 0 Å². The summed E-state index contributed by atoms with van der Waals surface area (Å²) in [6, 6.07) is 8.68. The zero-order chi connectivity index (χ0) is 29.1. The van der Waals surface area contributed by atoms with E-state index >= 15 is 0 Å². The maximum atomic E-state index is 12.8. The fourth-order valence-electron chi connectivity index (χ4n) is 4.74. The smallest absolute Gasteiger partial charge is 0.416 e. The number of nitrogens with zero attached hydrogens (tertiary/aromatic N) is 2. The number of ether oxygens (including phenoxy) is 2. The van der Waals surface area contributed by atoms with Crippen LogP contribution in [0.15, 0.2) is 36.4 Å². The first-order valence-electron chi connectivity index (χ1n) is 14.3. The summed E-state index contributed by atoms with van der Waals surface area (Å²) >= 11 is 0. The lowest BCUT2D eigenvalue weighted by Gasteiger charge is -2.35. The third-order valence-electron chi connectivity index (χ3n) is 7.40. The topological polar surface area (TPSA) is 54.0 Å². The molecule has 1 heterocycles. The summed E-state index contributed by atoms with van der Waals surface area (Å²) in [5, 5.41) is 3.39. The van der Waals surface area contributed by atoms with Crippen molar-refractivity contribution in [2.45, 2.75) is 59.2 Å². The van der Waals surface area contributed by atoms with Gasteiger partial charge in [-0.05, 0) is 101 Å². The Morgan fingerprint density at radius 2 is 1.62 bits per heavy atom. The first-order chi connectivity index (χ1) is 19.1. The second kappa shape index (κ2) is 15.4. The Bertz CT molecular complexity index is 1070. The van der Waals surface area contributed by atoms with Crippen molar-refractivity contribution in [2.24, 2.45) is 0 Å². The van der Waals surface area contributed by atoms with Crippen LogP contribution in [0.1, 0.15) is 59.3 Å². The minimum Gasteiger partial charge on any atom is -0.493 e. The predicted octanol–water partition coefficient (Wildman–Crippen LogP) is 5.50. The van der Waals surface area contributed by atoms with Gasteiger partial charge in [0.25, 0.3) is 5.91 Å². The lowest BCUT2D eigenvalue weighted by Crippen LogP contribution is -2.49. The third-order valence-corrected chi connectivity index (χ3v) is 7.40. The number of rotatable bonds is 14. The van der Waals surface area contributed by atoms with E-state index in [0.29, 0.717) is 25.3 Å². The van der Waals surface area contributed by atoms with Crippen LogP contribution in [0.3, 0.4) is 0 Å². The van der Waals surface area contributed by atoms with E-state index < -0.39 is 11.7 Å². The summed E-state index contributed by atoms with van der Waals surface area (Å²) in [6.07, 6.45) is -1.18. The van der Waals surface area contributed by atoms with E-state index in [0.717, 1.165) is 76.5 Å². The summed E-state index contributed by atoms with van der Waals surface area (Å²) in [5.41, 5.74) is 3.26. The van der Waals surface area contributed by atoms with Gasteiger partial charge in [-0.3, -0.25) is 9.69 Å². The average molecular weight is 564 g/mol. The van der Waals surface area contributed by atoms with Crippen molar-refractivity contribution < 1.29 is 27.4 Å². The van der Waals surface area contributed by atoms with Crippen LogP contribution in [0.25, 0.3) is 0 Å². The first kappa shape index (κ1) is 31.9. The largest absolute Gasteiger partial charge is 0.493 e. The number of carbonyl (C=O) groups is 1. The van der Waals surface area contributed by atoms with Gasteiger partial charge in [-0.15, -0.1) is 0 Å². The monoisotopic (exact) mass is 563 g/mol. The Hall–Kier alpha value is -2.62. The van der Waals surface area contributed by atoms with Gasteiger partial charge in [-0.1, -0.05) is 6.07 Å². The van der Waals surface area contributed by atoms with Crippen LogP contribution in [0.2, 0.25) is 0 Å². The highest BCUT2D eigenvalue weighted by Gasteiger charge is 2.30. The zero-order valence-electron chi connectivity index (χ0n) is 24.3. The summed E-state index contributed by atoms with van der Waals surface area (Å²) in [6.45, 7) is 15.1. The van der Waals surface area contributed by atoms with Crippen molar-refractivity contribution in [1.82, 2.24) is 15.1 Å². The molecule has 3 rings (SSSR count). The Morgan fingerprint density at radius 3 is 2.27 bits per heavy atom. The number of halogens is 3. The van der Waals surface area contributed by atoms with E-state index in [9.17, 15) is 18.0 Å². The molecule has 0 atom stereocenters. The van der Waals surface area contributed by atoms with Gasteiger partial charge < -0.3 is 19.7 Å². The molecule has 1 amide bonds. The second-order valence-electron chi connectivity index (χ2n) is 10.7. The van der Waals surface area contributed by atoms with Crippen LogP contribution in [0.5, 0.6) is 5.75 Å². The van der Waals surface area contributed by atoms with Crippen molar-refractivity contribution in [3.05, 3.63) is 64.2 Å². The minimum absolute atomic E-state index is 0.220. The van der Waals surface area contributed by atoms with E-state index in [4.69, 9.17) is 9.47 Å². The van der Waals surface area contributed by atoms with Gasteiger partial charge in [0.15, 0.2) is 0 Å². The van der Waals surface area contributed by atoms with E-state index in [2.05, 4.69) is 36.2 Å². The van der Waals surface area contributed by atoms with E-state index in [-0.39, 0.29) is 12.0 Å². The van der Waals surface area contributed by atoms with Crippen LogP contribution in [-0.4, -0.2) is 80.8 Å². The summed E-state index contributed by atoms with van der Waals surface area (Å²) in [5.74, 6) is 0.720. The van der Waals surface area contributed by atoms with E-state index in [1.165, 1.54) is 28.8 Å². The van der Waals surface area contributed by atoms with Crippen LogP contribution in [0.4, 0.5) is 13.2 Å². The molecule has 1 fully saturated rings. The number of amides is 1. The number of hydrogen-bond donors (Lipinski definition) is 1. The van der Waals surface area contributed by atoms with Gasteiger partial charge >= 0.3 is 6.18 Å². The molecular weight excluding hydrogens is 519 g/mol.